The van der Waals surface area contributed by atoms with E-state index in [1.165, 1.54) is 23.5 Å². The van der Waals surface area contributed by atoms with E-state index in [0.29, 0.717) is 40.1 Å². The summed E-state index contributed by atoms with van der Waals surface area (Å²) in [4.78, 5) is 24.6. The first kappa shape index (κ1) is 20.0. The molecular weight excluding hydrogens is 458 g/mol. The number of nitrogens with one attached hydrogen (secondary N) is 1. The number of hydrogen-bond donors (Lipinski definition) is 1. The van der Waals surface area contributed by atoms with Crippen LogP contribution in [0.5, 0.6) is 0 Å². The smallest absolute Gasteiger partial charge is 0.267 e. The molecule has 34 heavy (non-hydrogen) atoms. The second-order valence-corrected chi connectivity index (χ2v) is 10.4. The molecule has 2 atom stereocenters. The van der Waals surface area contributed by atoms with E-state index in [0.717, 1.165) is 36.8 Å². The number of amides is 1. The highest BCUT2D eigenvalue weighted by Crippen LogP contribution is 2.63. The number of benzene rings is 1. The number of carbonyl (C=O) groups is 1. The maximum Gasteiger partial charge on any atom is 0.267 e. The van der Waals surface area contributed by atoms with Gasteiger partial charge in [0.2, 0.25) is 0 Å². The van der Waals surface area contributed by atoms with E-state index in [1.807, 2.05) is 6.07 Å². The fourth-order valence-corrected chi connectivity index (χ4v) is 6.27. The molecule has 0 radical (unpaired) electrons. The molecule has 1 aliphatic heterocycles. The van der Waals surface area contributed by atoms with Gasteiger partial charge in [0.1, 0.15) is 28.0 Å². The van der Waals surface area contributed by atoms with Crippen LogP contribution in [0.3, 0.4) is 0 Å². The number of fused-ring (bicyclic) bond motifs is 2. The van der Waals surface area contributed by atoms with Gasteiger partial charge in [-0.05, 0) is 55.9 Å². The SMILES string of the molecule is O=C(Nc1cnn2ccc(N3CC[C@H]4C[C@]43c3cc(F)ccc3F)nc12)c1cnc(C2CC2)s1. The van der Waals surface area contributed by atoms with Crippen LogP contribution in [-0.4, -0.2) is 32.0 Å². The Morgan fingerprint density at radius 2 is 2.06 bits per heavy atom. The number of piperidine rings is 1. The van der Waals surface area contributed by atoms with Gasteiger partial charge in [0.15, 0.2) is 5.65 Å². The molecule has 4 heterocycles. The van der Waals surface area contributed by atoms with Gasteiger partial charge in [-0.1, -0.05) is 0 Å². The summed E-state index contributed by atoms with van der Waals surface area (Å²) in [6.07, 6.45) is 8.88. The van der Waals surface area contributed by atoms with Crippen LogP contribution in [0.1, 0.15) is 51.8 Å². The minimum atomic E-state index is -0.581. The van der Waals surface area contributed by atoms with Crippen LogP contribution < -0.4 is 10.2 Å². The van der Waals surface area contributed by atoms with Crippen molar-refractivity contribution in [3.63, 3.8) is 0 Å². The summed E-state index contributed by atoms with van der Waals surface area (Å²) in [6.45, 7) is 0.699. The van der Waals surface area contributed by atoms with Gasteiger partial charge < -0.3 is 10.2 Å². The monoisotopic (exact) mass is 478 g/mol. The quantitative estimate of drug-likeness (QED) is 0.449. The Balaban J connectivity index is 1.21. The van der Waals surface area contributed by atoms with Gasteiger partial charge in [0.05, 0.1) is 22.9 Å². The second-order valence-electron chi connectivity index (χ2n) is 9.29. The van der Waals surface area contributed by atoms with Crippen LogP contribution in [0.4, 0.5) is 20.3 Å². The normalized spacial score (nSPS) is 23.4. The van der Waals surface area contributed by atoms with Crippen molar-refractivity contribution >= 4 is 34.4 Å². The molecule has 0 unspecified atom stereocenters. The molecule has 10 heteroatoms. The van der Waals surface area contributed by atoms with Crippen LogP contribution in [0.25, 0.3) is 5.65 Å². The lowest BCUT2D eigenvalue weighted by Gasteiger charge is -2.30. The van der Waals surface area contributed by atoms with Gasteiger partial charge in [-0.15, -0.1) is 11.3 Å². The summed E-state index contributed by atoms with van der Waals surface area (Å²) in [5, 5.41) is 8.22. The van der Waals surface area contributed by atoms with Crippen molar-refractivity contribution in [2.24, 2.45) is 5.92 Å². The number of carbonyl (C=O) groups excluding carboxylic acids is 1. The Labute approximate surface area is 197 Å². The van der Waals surface area contributed by atoms with Crippen molar-refractivity contribution in [2.75, 3.05) is 16.8 Å². The van der Waals surface area contributed by atoms with E-state index in [-0.39, 0.29) is 11.8 Å². The third kappa shape index (κ3) is 2.97. The summed E-state index contributed by atoms with van der Waals surface area (Å²) >= 11 is 1.42. The van der Waals surface area contributed by atoms with Crippen LogP contribution in [0.15, 0.2) is 42.9 Å². The molecule has 172 valence electrons. The molecule has 7 nitrogen and oxygen atoms in total. The third-order valence-corrected chi connectivity index (χ3v) is 8.36. The highest BCUT2D eigenvalue weighted by molar-refractivity contribution is 7.13. The van der Waals surface area contributed by atoms with Crippen molar-refractivity contribution in [3.05, 3.63) is 69.9 Å². The summed E-state index contributed by atoms with van der Waals surface area (Å²) in [7, 11) is 0. The van der Waals surface area contributed by atoms with Crippen molar-refractivity contribution in [1.29, 1.82) is 0 Å². The van der Waals surface area contributed by atoms with E-state index in [1.54, 1.807) is 23.1 Å². The minimum absolute atomic E-state index is 0.242. The molecule has 1 aromatic carbocycles. The molecule has 2 aliphatic carbocycles. The third-order valence-electron chi connectivity index (χ3n) is 7.20. The highest BCUT2D eigenvalue weighted by Gasteiger charge is 2.64. The predicted molar refractivity (Wildman–Crippen MR) is 123 cm³/mol. The van der Waals surface area contributed by atoms with E-state index in [4.69, 9.17) is 4.98 Å². The lowest BCUT2D eigenvalue weighted by Crippen LogP contribution is -2.34. The lowest BCUT2D eigenvalue weighted by atomic mass is 10.0. The number of rotatable bonds is 5. The van der Waals surface area contributed by atoms with Crippen LogP contribution in [0.2, 0.25) is 0 Å². The van der Waals surface area contributed by atoms with Gasteiger partial charge in [-0.25, -0.2) is 23.3 Å². The van der Waals surface area contributed by atoms with Crippen molar-refractivity contribution in [2.45, 2.75) is 37.1 Å². The van der Waals surface area contributed by atoms with Gasteiger partial charge >= 0.3 is 0 Å². The fourth-order valence-electron chi connectivity index (χ4n) is 5.29. The maximum absolute atomic E-state index is 14.7. The molecular formula is C24H20F2N6OS. The number of anilines is 2. The lowest BCUT2D eigenvalue weighted by molar-refractivity contribution is 0.103. The molecule has 2 saturated carbocycles. The molecule has 1 saturated heterocycles. The van der Waals surface area contributed by atoms with Crippen molar-refractivity contribution in [3.8, 4) is 0 Å². The minimum Gasteiger partial charge on any atom is -0.346 e. The molecule has 0 bridgehead atoms. The van der Waals surface area contributed by atoms with Crippen LogP contribution in [0, 0.1) is 17.6 Å². The van der Waals surface area contributed by atoms with Crippen molar-refractivity contribution < 1.29 is 13.6 Å². The van der Waals surface area contributed by atoms with E-state index < -0.39 is 17.2 Å². The molecule has 7 rings (SSSR count). The Kier molecular flexibility index (Phi) is 4.15. The van der Waals surface area contributed by atoms with Gasteiger partial charge in [-0.2, -0.15) is 5.10 Å². The Bertz CT molecular complexity index is 1460. The summed E-state index contributed by atoms with van der Waals surface area (Å²) in [5.74, 6) is 0.325. The van der Waals surface area contributed by atoms with Crippen molar-refractivity contribution in [1.82, 2.24) is 19.6 Å². The molecule has 0 spiro atoms. The molecule has 3 fully saturated rings. The number of halogens is 2. The molecule has 3 aromatic heterocycles. The first-order valence-corrected chi connectivity index (χ1v) is 12.2. The standard InChI is InChI=1S/C24H20F2N6OS/c25-15-3-4-17(26)16(9-15)24-10-14(24)5-7-31(24)20-6-8-32-21(30-20)18(11-28-32)29-22(33)19-12-27-23(34-19)13-1-2-13/h3-4,6,8-9,11-14H,1-2,5,7,10H2,(H,29,33)/t14-,24+/m0/s1. The second kappa shape index (κ2) is 7.05. The number of nitrogens with zero attached hydrogens (tertiary/aromatic N) is 5. The van der Waals surface area contributed by atoms with Crippen LogP contribution >= 0.6 is 11.3 Å². The first-order valence-electron chi connectivity index (χ1n) is 11.4. The molecule has 3 aliphatic rings. The number of aromatic nitrogens is 4. The Morgan fingerprint density at radius 3 is 2.88 bits per heavy atom. The first-order chi connectivity index (χ1) is 16.5. The van der Waals surface area contributed by atoms with Gasteiger partial charge in [-0.3, -0.25) is 4.79 Å². The van der Waals surface area contributed by atoms with E-state index >= 15 is 0 Å². The average molecular weight is 479 g/mol. The Morgan fingerprint density at radius 1 is 1.18 bits per heavy atom. The summed E-state index contributed by atoms with van der Waals surface area (Å²) < 4.78 is 30.3. The summed E-state index contributed by atoms with van der Waals surface area (Å²) in [6, 6.07) is 5.48. The fraction of sp³-hybridized carbons (Fsp3) is 0.333. The zero-order chi connectivity index (χ0) is 23.0. The summed E-state index contributed by atoms with van der Waals surface area (Å²) in [5.41, 5.74) is 0.792. The maximum atomic E-state index is 14.7. The topological polar surface area (TPSA) is 75.4 Å². The molecule has 1 N–H and O–H groups in total. The van der Waals surface area contributed by atoms with Crippen LogP contribution in [-0.2, 0) is 5.54 Å². The zero-order valence-corrected chi connectivity index (χ0v) is 18.9. The molecule has 1 amide bonds. The largest absolute Gasteiger partial charge is 0.346 e. The number of hydrogen-bond acceptors (Lipinski definition) is 6. The van der Waals surface area contributed by atoms with E-state index in [9.17, 15) is 13.6 Å². The highest BCUT2D eigenvalue weighted by atomic mass is 32.1. The average Bonchev–Trinajstić information content (AvgIpc) is 3.67. The number of thiazole rings is 1. The zero-order valence-electron chi connectivity index (χ0n) is 18.0. The van der Waals surface area contributed by atoms with Gasteiger partial charge in [0, 0.05) is 24.2 Å². The Hall–Kier alpha value is -3.40. The van der Waals surface area contributed by atoms with E-state index in [2.05, 4.69) is 20.3 Å². The molecule has 4 aromatic rings. The van der Waals surface area contributed by atoms with Gasteiger partial charge in [0.25, 0.3) is 5.91 Å². The predicted octanol–water partition coefficient (Wildman–Crippen LogP) is 4.72.